The molecule has 0 bridgehead atoms. The lowest BCUT2D eigenvalue weighted by Gasteiger charge is -2.32. The number of likely N-dealkylation sites (tertiary alicyclic amines) is 1. The summed E-state index contributed by atoms with van der Waals surface area (Å²) in [5.41, 5.74) is 0. The number of nitrogens with zero attached hydrogens (tertiary/aromatic N) is 4. The van der Waals surface area contributed by atoms with Gasteiger partial charge in [-0.3, -0.25) is 9.80 Å². The number of rotatable bonds is 10. The standard InChI is InChI=1S/C21H38N4O3/c1-17(2)16-27-18(3)21-22-20(28-23-21)15-25-9-6-19(7-10-25)5-4-8-24-11-13-26-14-12-24/h17-19H,4-16H2,1-3H3/t18-/m0/s1. The molecule has 28 heavy (non-hydrogen) atoms. The van der Waals surface area contributed by atoms with Gasteiger partial charge in [0.15, 0.2) is 5.82 Å². The lowest BCUT2D eigenvalue weighted by Crippen LogP contribution is -2.37. The van der Waals surface area contributed by atoms with Gasteiger partial charge in [0.25, 0.3) is 0 Å². The van der Waals surface area contributed by atoms with Crippen LogP contribution in [0.5, 0.6) is 0 Å². The molecule has 7 nitrogen and oxygen atoms in total. The summed E-state index contributed by atoms with van der Waals surface area (Å²) >= 11 is 0. The topological polar surface area (TPSA) is 63.9 Å². The van der Waals surface area contributed by atoms with E-state index < -0.39 is 0 Å². The molecule has 2 aliphatic rings. The summed E-state index contributed by atoms with van der Waals surface area (Å²) in [5.74, 6) is 2.73. The van der Waals surface area contributed by atoms with Gasteiger partial charge < -0.3 is 14.0 Å². The van der Waals surface area contributed by atoms with E-state index >= 15 is 0 Å². The molecule has 2 saturated heterocycles. The Morgan fingerprint density at radius 2 is 1.82 bits per heavy atom. The first-order chi connectivity index (χ1) is 13.6. The minimum absolute atomic E-state index is 0.114. The molecule has 0 aromatic carbocycles. The Morgan fingerprint density at radius 1 is 1.07 bits per heavy atom. The fraction of sp³-hybridized carbons (Fsp3) is 0.905. The molecule has 1 aromatic rings. The van der Waals surface area contributed by atoms with Crippen LogP contribution in [0.15, 0.2) is 4.52 Å². The quantitative estimate of drug-likeness (QED) is 0.604. The van der Waals surface area contributed by atoms with Crippen molar-refractivity contribution in [3.63, 3.8) is 0 Å². The predicted molar refractivity (Wildman–Crippen MR) is 108 cm³/mol. The third-order valence-corrected chi connectivity index (χ3v) is 5.78. The Bertz CT molecular complexity index is 552. The second-order valence-corrected chi connectivity index (χ2v) is 8.73. The smallest absolute Gasteiger partial charge is 0.240 e. The molecular weight excluding hydrogens is 356 g/mol. The second kappa shape index (κ2) is 11.2. The van der Waals surface area contributed by atoms with Crippen LogP contribution < -0.4 is 0 Å². The van der Waals surface area contributed by atoms with Gasteiger partial charge in [-0.25, -0.2) is 0 Å². The van der Waals surface area contributed by atoms with Crippen molar-refractivity contribution in [2.45, 2.75) is 59.1 Å². The maximum atomic E-state index is 5.78. The van der Waals surface area contributed by atoms with E-state index in [1.165, 1.54) is 32.2 Å². The van der Waals surface area contributed by atoms with Crippen molar-refractivity contribution in [3.05, 3.63) is 11.7 Å². The van der Waals surface area contributed by atoms with Gasteiger partial charge in [0, 0.05) is 19.7 Å². The fourth-order valence-corrected chi connectivity index (χ4v) is 3.96. The van der Waals surface area contributed by atoms with Gasteiger partial charge in [-0.05, 0) is 64.1 Å². The SMILES string of the molecule is CC(C)CO[C@@H](C)c1noc(CN2CCC(CCCN3CCOCC3)CC2)n1. The molecule has 7 heteroatoms. The molecule has 160 valence electrons. The summed E-state index contributed by atoms with van der Waals surface area (Å²) in [6, 6.07) is 0. The first-order valence-corrected chi connectivity index (χ1v) is 11.1. The zero-order chi connectivity index (χ0) is 19.8. The van der Waals surface area contributed by atoms with Crippen LogP contribution in [0.1, 0.15) is 64.3 Å². The number of morpholine rings is 1. The summed E-state index contributed by atoms with van der Waals surface area (Å²) < 4.78 is 16.7. The summed E-state index contributed by atoms with van der Waals surface area (Å²) in [4.78, 5) is 9.52. The van der Waals surface area contributed by atoms with Gasteiger partial charge in [-0.1, -0.05) is 19.0 Å². The lowest BCUT2D eigenvalue weighted by atomic mass is 9.92. The monoisotopic (exact) mass is 394 g/mol. The van der Waals surface area contributed by atoms with Gasteiger partial charge in [0.1, 0.15) is 6.10 Å². The van der Waals surface area contributed by atoms with Gasteiger partial charge in [-0.2, -0.15) is 4.98 Å². The number of piperidine rings is 1. The molecule has 0 N–H and O–H groups in total. The Morgan fingerprint density at radius 3 is 2.54 bits per heavy atom. The Kier molecular flexibility index (Phi) is 8.70. The van der Waals surface area contributed by atoms with Crippen LogP contribution in [-0.2, 0) is 16.0 Å². The number of hydrogen-bond acceptors (Lipinski definition) is 7. The zero-order valence-electron chi connectivity index (χ0n) is 17.9. The first-order valence-electron chi connectivity index (χ1n) is 11.1. The summed E-state index contributed by atoms with van der Waals surface area (Å²) in [7, 11) is 0. The maximum Gasteiger partial charge on any atom is 0.240 e. The minimum Gasteiger partial charge on any atom is -0.379 e. The molecule has 0 saturated carbocycles. The zero-order valence-corrected chi connectivity index (χ0v) is 17.9. The van der Waals surface area contributed by atoms with E-state index in [0.29, 0.717) is 24.2 Å². The molecule has 0 spiro atoms. The van der Waals surface area contributed by atoms with E-state index in [0.717, 1.165) is 51.9 Å². The van der Waals surface area contributed by atoms with Crippen molar-refractivity contribution in [1.29, 1.82) is 0 Å². The molecular formula is C21H38N4O3. The number of hydrogen-bond donors (Lipinski definition) is 0. The van der Waals surface area contributed by atoms with Crippen LogP contribution >= 0.6 is 0 Å². The molecule has 2 aliphatic heterocycles. The molecule has 0 unspecified atom stereocenters. The van der Waals surface area contributed by atoms with Crippen LogP contribution in [0.4, 0.5) is 0 Å². The van der Waals surface area contributed by atoms with Crippen molar-refractivity contribution in [1.82, 2.24) is 19.9 Å². The number of ether oxygens (including phenoxy) is 2. The highest BCUT2D eigenvalue weighted by Crippen LogP contribution is 2.23. The Hall–Kier alpha value is -1.02. The lowest BCUT2D eigenvalue weighted by molar-refractivity contribution is 0.0361. The van der Waals surface area contributed by atoms with Crippen LogP contribution in [0, 0.1) is 11.8 Å². The average molecular weight is 395 g/mol. The molecule has 1 aromatic heterocycles. The molecule has 0 radical (unpaired) electrons. The van der Waals surface area contributed by atoms with Crippen LogP contribution in [0.3, 0.4) is 0 Å². The summed E-state index contributed by atoms with van der Waals surface area (Å²) in [6.07, 6.45) is 5.10. The Labute approximate surface area is 169 Å². The highest BCUT2D eigenvalue weighted by Gasteiger charge is 2.22. The van der Waals surface area contributed by atoms with Crippen molar-refractivity contribution in [3.8, 4) is 0 Å². The van der Waals surface area contributed by atoms with Gasteiger partial charge >= 0.3 is 0 Å². The van der Waals surface area contributed by atoms with E-state index in [1.54, 1.807) is 0 Å². The normalized spacial score (nSPS) is 21.4. The molecule has 1 atom stereocenters. The molecule has 0 aliphatic carbocycles. The van der Waals surface area contributed by atoms with Crippen LogP contribution in [0.25, 0.3) is 0 Å². The van der Waals surface area contributed by atoms with E-state index in [2.05, 4.69) is 33.8 Å². The summed E-state index contributed by atoms with van der Waals surface area (Å²) in [5, 5.41) is 4.11. The second-order valence-electron chi connectivity index (χ2n) is 8.73. The van der Waals surface area contributed by atoms with E-state index in [4.69, 9.17) is 14.0 Å². The molecule has 3 heterocycles. The maximum absolute atomic E-state index is 5.78. The van der Waals surface area contributed by atoms with E-state index in [9.17, 15) is 0 Å². The molecule has 2 fully saturated rings. The van der Waals surface area contributed by atoms with Crippen molar-refractivity contribution < 1.29 is 14.0 Å². The third-order valence-electron chi connectivity index (χ3n) is 5.78. The van der Waals surface area contributed by atoms with Crippen LogP contribution in [0.2, 0.25) is 0 Å². The highest BCUT2D eigenvalue weighted by atomic mass is 16.5. The van der Waals surface area contributed by atoms with Crippen molar-refractivity contribution in [2.75, 3.05) is 52.5 Å². The van der Waals surface area contributed by atoms with Crippen LogP contribution in [-0.4, -0.2) is 72.5 Å². The van der Waals surface area contributed by atoms with Crippen molar-refractivity contribution >= 4 is 0 Å². The largest absolute Gasteiger partial charge is 0.379 e. The highest BCUT2D eigenvalue weighted by molar-refractivity contribution is 4.90. The predicted octanol–water partition coefficient (Wildman–Crippen LogP) is 3.13. The summed E-state index contributed by atoms with van der Waals surface area (Å²) in [6.45, 7) is 15.2. The van der Waals surface area contributed by atoms with E-state index in [-0.39, 0.29) is 6.10 Å². The number of aromatic nitrogens is 2. The molecule has 0 amide bonds. The van der Waals surface area contributed by atoms with Gasteiger partial charge in [0.2, 0.25) is 5.89 Å². The van der Waals surface area contributed by atoms with E-state index in [1.807, 2.05) is 6.92 Å². The average Bonchev–Trinajstić information content (AvgIpc) is 3.17. The Balaban J connectivity index is 1.32. The van der Waals surface area contributed by atoms with Gasteiger partial charge in [0.05, 0.1) is 19.8 Å². The van der Waals surface area contributed by atoms with Crippen molar-refractivity contribution in [2.24, 2.45) is 11.8 Å². The minimum atomic E-state index is -0.114. The third kappa shape index (κ3) is 7.10. The van der Waals surface area contributed by atoms with Gasteiger partial charge in [-0.15, -0.1) is 0 Å². The molecule has 3 rings (SSSR count). The first kappa shape index (κ1) is 21.7. The fourth-order valence-electron chi connectivity index (χ4n) is 3.96.